The lowest BCUT2D eigenvalue weighted by molar-refractivity contribution is 0.0946. The van der Waals surface area contributed by atoms with E-state index in [4.69, 9.17) is 0 Å². The lowest BCUT2D eigenvalue weighted by atomic mass is 10.1. The highest BCUT2D eigenvalue weighted by molar-refractivity contribution is 7.08. The molecule has 6 heteroatoms. The van der Waals surface area contributed by atoms with Gasteiger partial charge in [-0.05, 0) is 46.2 Å². The van der Waals surface area contributed by atoms with Gasteiger partial charge in [0.1, 0.15) is 5.69 Å². The van der Waals surface area contributed by atoms with Crippen LogP contribution in [0.15, 0.2) is 65.7 Å². The van der Waals surface area contributed by atoms with Crippen LogP contribution in [0.1, 0.15) is 16.1 Å². The third kappa shape index (κ3) is 3.39. The Morgan fingerprint density at radius 1 is 1.04 bits per heavy atom. The second-order valence-corrected chi connectivity index (χ2v) is 6.30. The second kappa shape index (κ2) is 6.78. The van der Waals surface area contributed by atoms with Gasteiger partial charge >= 0.3 is 0 Å². The van der Waals surface area contributed by atoms with Gasteiger partial charge in [0.05, 0.1) is 17.2 Å². The van der Waals surface area contributed by atoms with Gasteiger partial charge in [0, 0.05) is 24.5 Å². The number of hydrogen-bond donors (Lipinski definition) is 1. The van der Waals surface area contributed by atoms with Gasteiger partial charge in [-0.3, -0.25) is 14.8 Å². The normalized spacial score (nSPS) is 10.7. The monoisotopic (exact) mass is 346 g/mol. The molecule has 0 saturated heterocycles. The van der Waals surface area contributed by atoms with Crippen molar-refractivity contribution in [1.82, 2.24) is 20.3 Å². The van der Waals surface area contributed by atoms with Gasteiger partial charge in [-0.1, -0.05) is 12.1 Å². The number of hydrogen-bond acceptors (Lipinski definition) is 5. The maximum Gasteiger partial charge on any atom is 0.271 e. The maximum absolute atomic E-state index is 12.3. The topological polar surface area (TPSA) is 67.8 Å². The van der Waals surface area contributed by atoms with E-state index in [-0.39, 0.29) is 5.91 Å². The summed E-state index contributed by atoms with van der Waals surface area (Å²) in [5.74, 6) is -0.251. The summed E-state index contributed by atoms with van der Waals surface area (Å²) in [6, 6.07) is 11.6. The van der Waals surface area contributed by atoms with Crippen LogP contribution in [0, 0.1) is 0 Å². The van der Waals surface area contributed by atoms with E-state index in [1.807, 2.05) is 41.9 Å². The molecule has 0 aliphatic carbocycles. The first kappa shape index (κ1) is 15.4. The Bertz CT molecular complexity index is 1030. The van der Waals surface area contributed by atoms with Crippen molar-refractivity contribution < 1.29 is 4.79 Å². The molecule has 4 rings (SSSR count). The molecule has 1 N–H and O–H groups in total. The van der Waals surface area contributed by atoms with E-state index in [1.165, 1.54) is 6.20 Å². The Morgan fingerprint density at radius 2 is 1.92 bits per heavy atom. The molecule has 3 aromatic heterocycles. The first-order valence-electron chi connectivity index (χ1n) is 7.76. The van der Waals surface area contributed by atoms with E-state index >= 15 is 0 Å². The highest BCUT2D eigenvalue weighted by Crippen LogP contribution is 2.21. The van der Waals surface area contributed by atoms with Gasteiger partial charge < -0.3 is 5.32 Å². The predicted molar refractivity (Wildman–Crippen MR) is 98.3 cm³/mol. The van der Waals surface area contributed by atoms with Crippen LogP contribution in [0.3, 0.4) is 0 Å². The predicted octanol–water partition coefficient (Wildman–Crippen LogP) is 3.68. The summed E-state index contributed by atoms with van der Waals surface area (Å²) in [4.78, 5) is 25.2. The Balaban J connectivity index is 1.48. The molecule has 0 spiro atoms. The van der Waals surface area contributed by atoms with E-state index in [9.17, 15) is 4.79 Å². The summed E-state index contributed by atoms with van der Waals surface area (Å²) in [7, 11) is 0. The fraction of sp³-hybridized carbons (Fsp3) is 0.0526. The number of fused-ring (bicyclic) bond motifs is 1. The maximum atomic E-state index is 12.3. The number of pyridine rings is 1. The van der Waals surface area contributed by atoms with Crippen molar-refractivity contribution in [2.45, 2.75) is 6.54 Å². The van der Waals surface area contributed by atoms with E-state index in [1.54, 1.807) is 17.5 Å². The first-order valence-corrected chi connectivity index (χ1v) is 8.70. The van der Waals surface area contributed by atoms with Gasteiger partial charge in [-0.15, -0.1) is 0 Å². The molecular weight excluding hydrogens is 332 g/mol. The molecule has 0 saturated carbocycles. The first-order chi connectivity index (χ1) is 12.3. The van der Waals surface area contributed by atoms with E-state index < -0.39 is 0 Å². The minimum Gasteiger partial charge on any atom is -0.347 e. The molecule has 1 amide bonds. The molecule has 122 valence electrons. The molecular formula is C19H14N4OS. The zero-order valence-corrected chi connectivity index (χ0v) is 14.0. The van der Waals surface area contributed by atoms with Gasteiger partial charge in [0.15, 0.2) is 0 Å². The Morgan fingerprint density at radius 3 is 2.76 bits per heavy atom. The molecule has 0 aliphatic heterocycles. The third-order valence-electron chi connectivity index (χ3n) is 3.78. The van der Waals surface area contributed by atoms with Crippen LogP contribution in [-0.4, -0.2) is 20.9 Å². The lowest BCUT2D eigenvalue weighted by Crippen LogP contribution is -2.24. The summed E-state index contributed by atoms with van der Waals surface area (Å²) in [5.41, 5.74) is 4.89. The molecule has 4 aromatic rings. The van der Waals surface area contributed by atoms with Gasteiger partial charge in [0.25, 0.3) is 5.91 Å². The average Bonchev–Trinajstić information content (AvgIpc) is 3.21. The summed E-state index contributed by atoms with van der Waals surface area (Å²) >= 11 is 1.64. The molecule has 0 fully saturated rings. The summed E-state index contributed by atoms with van der Waals surface area (Å²) in [6.07, 6.45) is 5.07. The van der Waals surface area contributed by atoms with Crippen LogP contribution in [0.5, 0.6) is 0 Å². The van der Waals surface area contributed by atoms with E-state index in [0.717, 1.165) is 22.2 Å². The van der Waals surface area contributed by atoms with E-state index in [0.29, 0.717) is 17.8 Å². The number of carbonyl (C=O) groups excluding carboxylic acids is 1. The molecule has 3 heterocycles. The van der Waals surface area contributed by atoms with Crippen molar-refractivity contribution in [2.75, 3.05) is 0 Å². The van der Waals surface area contributed by atoms with Crippen molar-refractivity contribution >= 4 is 28.3 Å². The second-order valence-electron chi connectivity index (χ2n) is 5.52. The Kier molecular flexibility index (Phi) is 4.18. The Hall–Kier alpha value is -3.12. The standard InChI is InChI=1S/C19H14N4OS/c24-19(18-11-21-16-3-1-2-4-17(16)23-18)22-9-13-7-15(10-20-8-13)14-5-6-25-12-14/h1-8,10-12H,9H2,(H,22,24). The highest BCUT2D eigenvalue weighted by atomic mass is 32.1. The minimum atomic E-state index is -0.251. The van der Waals surface area contributed by atoms with E-state index in [2.05, 4.69) is 31.7 Å². The number of thiophene rings is 1. The number of nitrogens with one attached hydrogen (secondary N) is 1. The zero-order valence-electron chi connectivity index (χ0n) is 13.2. The van der Waals surface area contributed by atoms with Crippen LogP contribution in [0.4, 0.5) is 0 Å². The molecule has 0 unspecified atom stereocenters. The molecule has 0 atom stereocenters. The van der Waals surface area contributed by atoms with Gasteiger partial charge in [0.2, 0.25) is 0 Å². The quantitative estimate of drug-likeness (QED) is 0.612. The lowest BCUT2D eigenvalue weighted by Gasteiger charge is -2.06. The molecule has 0 radical (unpaired) electrons. The fourth-order valence-electron chi connectivity index (χ4n) is 2.51. The summed E-state index contributed by atoms with van der Waals surface area (Å²) < 4.78 is 0. The van der Waals surface area contributed by atoms with Gasteiger partial charge in [-0.25, -0.2) is 4.98 Å². The van der Waals surface area contributed by atoms with Crippen LogP contribution in [0.2, 0.25) is 0 Å². The van der Waals surface area contributed by atoms with Crippen molar-refractivity contribution in [1.29, 1.82) is 0 Å². The third-order valence-corrected chi connectivity index (χ3v) is 4.47. The van der Waals surface area contributed by atoms with Crippen molar-refractivity contribution in [3.63, 3.8) is 0 Å². The molecule has 5 nitrogen and oxygen atoms in total. The van der Waals surface area contributed by atoms with Crippen LogP contribution in [-0.2, 0) is 6.54 Å². The number of nitrogens with zero attached hydrogens (tertiary/aromatic N) is 3. The van der Waals surface area contributed by atoms with Crippen LogP contribution >= 0.6 is 11.3 Å². The molecule has 1 aromatic carbocycles. The largest absolute Gasteiger partial charge is 0.347 e. The van der Waals surface area contributed by atoms with Crippen LogP contribution < -0.4 is 5.32 Å². The fourth-order valence-corrected chi connectivity index (χ4v) is 3.18. The van der Waals surface area contributed by atoms with Crippen LogP contribution in [0.25, 0.3) is 22.2 Å². The average molecular weight is 346 g/mol. The number of para-hydroxylation sites is 2. The molecule has 0 aliphatic rings. The SMILES string of the molecule is O=C(NCc1cncc(-c2ccsc2)c1)c1cnc2ccccc2n1. The smallest absolute Gasteiger partial charge is 0.271 e. The summed E-state index contributed by atoms with van der Waals surface area (Å²) in [5, 5.41) is 6.98. The number of rotatable bonds is 4. The summed E-state index contributed by atoms with van der Waals surface area (Å²) in [6.45, 7) is 0.387. The van der Waals surface area contributed by atoms with Gasteiger partial charge in [-0.2, -0.15) is 11.3 Å². The number of benzene rings is 1. The number of aromatic nitrogens is 3. The molecule has 0 bridgehead atoms. The van der Waals surface area contributed by atoms with Crippen molar-refractivity contribution in [2.24, 2.45) is 0 Å². The Labute approximate surface area is 148 Å². The van der Waals surface area contributed by atoms with Crippen molar-refractivity contribution in [3.8, 4) is 11.1 Å². The van der Waals surface area contributed by atoms with Crippen molar-refractivity contribution in [3.05, 3.63) is 77.0 Å². The number of carbonyl (C=O) groups is 1. The highest BCUT2D eigenvalue weighted by Gasteiger charge is 2.09. The number of amides is 1. The minimum absolute atomic E-state index is 0.251. The molecule has 25 heavy (non-hydrogen) atoms. The zero-order chi connectivity index (χ0) is 17.1.